The zero-order valence-electron chi connectivity index (χ0n) is 13.2. The van der Waals surface area contributed by atoms with Gasteiger partial charge in [0.15, 0.2) is 0 Å². The number of carboxylic acids is 1. The number of hydrogen-bond acceptors (Lipinski definition) is 4. The molecule has 7 nitrogen and oxygen atoms in total. The highest BCUT2D eigenvalue weighted by atomic mass is 32.2. The van der Waals surface area contributed by atoms with Crippen molar-refractivity contribution in [3.8, 4) is 0 Å². The van der Waals surface area contributed by atoms with Gasteiger partial charge in [0.2, 0.25) is 10.0 Å². The molecule has 0 radical (unpaired) electrons. The molecular formula is C15H19N3O4S. The molecule has 0 saturated heterocycles. The van der Waals surface area contributed by atoms with Crippen LogP contribution in [0.1, 0.15) is 39.8 Å². The summed E-state index contributed by atoms with van der Waals surface area (Å²) in [4.78, 5) is 11.1. The minimum Gasteiger partial charge on any atom is -0.478 e. The number of H-pyrrole nitrogens is 1. The smallest absolute Gasteiger partial charge is 0.335 e. The van der Waals surface area contributed by atoms with E-state index in [1.54, 1.807) is 19.9 Å². The molecule has 1 aromatic heterocycles. The van der Waals surface area contributed by atoms with E-state index in [-0.39, 0.29) is 17.0 Å². The lowest BCUT2D eigenvalue weighted by molar-refractivity contribution is 0.0696. The van der Waals surface area contributed by atoms with E-state index in [2.05, 4.69) is 14.9 Å². The van der Waals surface area contributed by atoms with E-state index in [1.807, 2.05) is 6.92 Å². The lowest BCUT2D eigenvalue weighted by atomic mass is 10.1. The summed E-state index contributed by atoms with van der Waals surface area (Å²) < 4.78 is 27.5. The Kier molecular flexibility index (Phi) is 4.86. The van der Waals surface area contributed by atoms with Crippen LogP contribution in [0.25, 0.3) is 0 Å². The molecule has 3 N–H and O–H groups in total. The van der Waals surface area contributed by atoms with Crippen LogP contribution in [-0.2, 0) is 23.0 Å². The highest BCUT2D eigenvalue weighted by Gasteiger charge is 2.20. The standard InChI is InChI=1S/C15H19N3O4S/c1-4-12-7-13(18-17-12)8-16-23(21,22)14-6-11(15(19)20)5-9(2)10(14)3/h5-7,16H,4,8H2,1-3H3,(H,17,18)(H,19,20). The molecule has 0 atom stereocenters. The number of carboxylic acid groups (broad SMARTS) is 1. The summed E-state index contributed by atoms with van der Waals surface area (Å²) in [7, 11) is -3.83. The van der Waals surface area contributed by atoms with E-state index in [9.17, 15) is 13.2 Å². The molecule has 2 rings (SSSR count). The molecule has 0 unspecified atom stereocenters. The molecule has 0 aliphatic carbocycles. The Morgan fingerprint density at radius 3 is 2.57 bits per heavy atom. The van der Waals surface area contributed by atoms with Gasteiger partial charge in [-0.1, -0.05) is 6.92 Å². The Morgan fingerprint density at radius 1 is 1.30 bits per heavy atom. The highest BCUT2D eigenvalue weighted by molar-refractivity contribution is 7.89. The maximum absolute atomic E-state index is 12.5. The van der Waals surface area contributed by atoms with Crippen molar-refractivity contribution in [3.63, 3.8) is 0 Å². The van der Waals surface area contributed by atoms with Crippen molar-refractivity contribution in [1.82, 2.24) is 14.9 Å². The van der Waals surface area contributed by atoms with Gasteiger partial charge in [-0.05, 0) is 49.6 Å². The molecule has 8 heteroatoms. The second-order valence-electron chi connectivity index (χ2n) is 5.28. The second kappa shape index (κ2) is 6.51. The van der Waals surface area contributed by atoms with Gasteiger partial charge < -0.3 is 5.11 Å². The van der Waals surface area contributed by atoms with Crippen molar-refractivity contribution in [2.45, 2.75) is 38.6 Å². The molecule has 23 heavy (non-hydrogen) atoms. The maximum Gasteiger partial charge on any atom is 0.335 e. The van der Waals surface area contributed by atoms with Crippen molar-refractivity contribution >= 4 is 16.0 Å². The van der Waals surface area contributed by atoms with Crippen molar-refractivity contribution in [2.75, 3.05) is 0 Å². The van der Waals surface area contributed by atoms with Gasteiger partial charge in [-0.3, -0.25) is 5.10 Å². The fourth-order valence-electron chi connectivity index (χ4n) is 2.16. The number of rotatable bonds is 6. The number of aromatic amines is 1. The molecule has 2 aromatic rings. The third-order valence-electron chi connectivity index (χ3n) is 3.66. The average molecular weight is 337 g/mol. The molecule has 0 bridgehead atoms. The van der Waals surface area contributed by atoms with Crippen LogP contribution in [0.2, 0.25) is 0 Å². The van der Waals surface area contributed by atoms with Gasteiger partial charge in [-0.2, -0.15) is 5.10 Å². The predicted octanol–water partition coefficient (Wildman–Crippen LogP) is 1.77. The predicted molar refractivity (Wildman–Crippen MR) is 84.9 cm³/mol. The van der Waals surface area contributed by atoms with Crippen LogP contribution >= 0.6 is 0 Å². The number of nitrogens with one attached hydrogen (secondary N) is 2. The quantitative estimate of drug-likeness (QED) is 0.743. The molecule has 1 aromatic carbocycles. The number of aryl methyl sites for hydroxylation is 2. The Morgan fingerprint density at radius 2 is 2.00 bits per heavy atom. The summed E-state index contributed by atoms with van der Waals surface area (Å²) in [5, 5.41) is 15.9. The Bertz CT molecular complexity index is 840. The van der Waals surface area contributed by atoms with Crippen molar-refractivity contribution in [3.05, 3.63) is 46.3 Å². The topological polar surface area (TPSA) is 112 Å². The number of aromatic nitrogens is 2. The Labute approximate surface area is 134 Å². The molecule has 0 fully saturated rings. The normalized spacial score (nSPS) is 11.6. The highest BCUT2D eigenvalue weighted by Crippen LogP contribution is 2.21. The van der Waals surface area contributed by atoms with Crippen molar-refractivity contribution in [1.29, 1.82) is 0 Å². The second-order valence-corrected chi connectivity index (χ2v) is 7.02. The number of nitrogens with zero attached hydrogens (tertiary/aromatic N) is 1. The largest absolute Gasteiger partial charge is 0.478 e. The van der Waals surface area contributed by atoms with Crippen molar-refractivity contribution < 1.29 is 18.3 Å². The molecule has 1 heterocycles. The number of benzene rings is 1. The van der Waals surface area contributed by atoms with Gasteiger partial charge in [0.05, 0.1) is 28.4 Å². The summed E-state index contributed by atoms with van der Waals surface area (Å²) in [6.45, 7) is 5.35. The molecule has 0 amide bonds. The van der Waals surface area contributed by atoms with Crippen LogP contribution in [0.3, 0.4) is 0 Å². The van der Waals surface area contributed by atoms with Crippen LogP contribution in [-0.4, -0.2) is 29.7 Å². The van der Waals surface area contributed by atoms with Gasteiger partial charge in [-0.15, -0.1) is 0 Å². The minimum atomic E-state index is -3.83. The summed E-state index contributed by atoms with van der Waals surface area (Å²) in [6, 6.07) is 4.42. The Hall–Kier alpha value is -2.19. The summed E-state index contributed by atoms with van der Waals surface area (Å²) in [5.74, 6) is -1.16. The zero-order chi connectivity index (χ0) is 17.2. The molecular weight excluding hydrogens is 318 g/mol. The third kappa shape index (κ3) is 3.77. The number of hydrogen-bond donors (Lipinski definition) is 3. The monoisotopic (exact) mass is 337 g/mol. The van der Waals surface area contributed by atoms with Gasteiger partial charge >= 0.3 is 5.97 Å². The maximum atomic E-state index is 12.5. The minimum absolute atomic E-state index is 0.0230. The van der Waals surface area contributed by atoms with Crippen LogP contribution in [0.5, 0.6) is 0 Å². The first-order valence-electron chi connectivity index (χ1n) is 7.12. The molecule has 124 valence electrons. The van der Waals surface area contributed by atoms with E-state index < -0.39 is 16.0 Å². The lowest BCUT2D eigenvalue weighted by Gasteiger charge is -2.12. The number of aromatic carboxylic acids is 1. The van der Waals surface area contributed by atoms with E-state index in [4.69, 9.17) is 5.11 Å². The summed E-state index contributed by atoms with van der Waals surface area (Å²) in [5.41, 5.74) is 2.58. The molecule has 0 aliphatic heterocycles. The molecule has 0 aliphatic rings. The van der Waals surface area contributed by atoms with Crippen LogP contribution in [0.4, 0.5) is 0 Å². The van der Waals surface area contributed by atoms with Gasteiger partial charge in [0.25, 0.3) is 0 Å². The summed E-state index contributed by atoms with van der Waals surface area (Å²) >= 11 is 0. The SMILES string of the molecule is CCc1cc(CNS(=O)(=O)c2cc(C(=O)O)cc(C)c2C)[nH]n1. The van der Waals surface area contributed by atoms with E-state index >= 15 is 0 Å². The van der Waals surface area contributed by atoms with E-state index in [1.165, 1.54) is 12.1 Å². The van der Waals surface area contributed by atoms with E-state index in [0.717, 1.165) is 12.1 Å². The van der Waals surface area contributed by atoms with Gasteiger partial charge in [0, 0.05) is 0 Å². The first-order chi connectivity index (χ1) is 10.7. The van der Waals surface area contributed by atoms with Gasteiger partial charge in [0.1, 0.15) is 0 Å². The third-order valence-corrected chi connectivity index (χ3v) is 5.18. The average Bonchev–Trinajstić information content (AvgIpc) is 2.95. The van der Waals surface area contributed by atoms with Gasteiger partial charge in [-0.25, -0.2) is 17.9 Å². The first kappa shape index (κ1) is 17.2. The fraction of sp³-hybridized carbons (Fsp3) is 0.333. The Balaban J connectivity index is 2.30. The lowest BCUT2D eigenvalue weighted by Crippen LogP contribution is -2.25. The number of carbonyl (C=O) groups is 1. The van der Waals surface area contributed by atoms with E-state index in [0.29, 0.717) is 16.8 Å². The zero-order valence-corrected chi connectivity index (χ0v) is 14.0. The summed E-state index contributed by atoms with van der Waals surface area (Å²) in [6.07, 6.45) is 0.752. The molecule has 0 spiro atoms. The van der Waals surface area contributed by atoms with Crippen LogP contribution in [0, 0.1) is 13.8 Å². The first-order valence-corrected chi connectivity index (χ1v) is 8.60. The van der Waals surface area contributed by atoms with Crippen LogP contribution < -0.4 is 4.72 Å². The van der Waals surface area contributed by atoms with Crippen LogP contribution in [0.15, 0.2) is 23.1 Å². The number of sulfonamides is 1. The van der Waals surface area contributed by atoms with Crippen molar-refractivity contribution in [2.24, 2.45) is 0 Å². The fourth-order valence-corrected chi connectivity index (χ4v) is 3.51. The molecule has 0 saturated carbocycles.